The quantitative estimate of drug-likeness (QED) is 0.623. The molecule has 0 spiro atoms. The lowest BCUT2D eigenvalue weighted by Gasteiger charge is -2.28. The summed E-state index contributed by atoms with van der Waals surface area (Å²) in [7, 11) is 0. The number of hydrogen-bond donors (Lipinski definition) is 4. The van der Waals surface area contributed by atoms with Crippen molar-refractivity contribution in [2.24, 2.45) is 5.73 Å². The van der Waals surface area contributed by atoms with E-state index in [9.17, 15) is 9.59 Å². The van der Waals surface area contributed by atoms with E-state index in [-0.39, 0.29) is 23.9 Å². The molecule has 136 valence electrons. The molecule has 1 aliphatic carbocycles. The lowest BCUT2D eigenvalue weighted by Crippen LogP contribution is -2.48. The normalized spacial score (nSPS) is 24.8. The van der Waals surface area contributed by atoms with Crippen LogP contribution in [-0.2, 0) is 4.79 Å². The van der Waals surface area contributed by atoms with Crippen LogP contribution in [0.25, 0.3) is 16.5 Å². The van der Waals surface area contributed by atoms with Crippen LogP contribution >= 0.6 is 0 Å². The van der Waals surface area contributed by atoms with E-state index in [4.69, 9.17) is 5.73 Å². The first-order valence-corrected chi connectivity index (χ1v) is 9.29. The Kier molecular flexibility index (Phi) is 4.51. The third-order valence-corrected chi connectivity index (χ3v) is 5.39. The molecule has 0 radical (unpaired) electrons. The zero-order valence-corrected chi connectivity index (χ0v) is 14.7. The third kappa shape index (κ3) is 3.12. The molecule has 0 bridgehead atoms. The average molecular weight is 352 g/mol. The summed E-state index contributed by atoms with van der Waals surface area (Å²) in [6.07, 6.45) is 6.35. The molecule has 1 aromatic heterocycles. The number of rotatable bonds is 2. The van der Waals surface area contributed by atoms with E-state index in [0.717, 1.165) is 47.7 Å². The highest BCUT2D eigenvalue weighted by Gasteiger charge is 2.26. The maximum absolute atomic E-state index is 12.6. The molecule has 1 aliphatic heterocycles. The lowest BCUT2D eigenvalue weighted by atomic mass is 9.91. The Bertz CT molecular complexity index is 883. The molecular weight excluding hydrogens is 328 g/mol. The Morgan fingerprint density at radius 2 is 2.04 bits per heavy atom. The minimum Gasteiger partial charge on any atom is -0.350 e. The van der Waals surface area contributed by atoms with E-state index < -0.39 is 0 Å². The molecule has 1 aromatic carbocycles. The van der Waals surface area contributed by atoms with Gasteiger partial charge < -0.3 is 21.4 Å². The second-order valence-corrected chi connectivity index (χ2v) is 7.16. The van der Waals surface area contributed by atoms with Crippen LogP contribution in [0.5, 0.6) is 0 Å². The molecule has 2 heterocycles. The maximum Gasteiger partial charge on any atom is 0.268 e. The molecular formula is C20H24N4O2. The number of benzene rings is 1. The van der Waals surface area contributed by atoms with Gasteiger partial charge in [-0.05, 0) is 30.9 Å². The monoisotopic (exact) mass is 352 g/mol. The van der Waals surface area contributed by atoms with Gasteiger partial charge in [0.05, 0.1) is 0 Å². The van der Waals surface area contributed by atoms with E-state index in [0.29, 0.717) is 18.7 Å². The van der Waals surface area contributed by atoms with Crippen molar-refractivity contribution in [3.05, 3.63) is 41.6 Å². The van der Waals surface area contributed by atoms with Crippen molar-refractivity contribution in [2.45, 2.75) is 44.2 Å². The Labute approximate surface area is 152 Å². The molecule has 5 N–H and O–H groups in total. The molecule has 26 heavy (non-hydrogen) atoms. The molecule has 2 atom stereocenters. The first-order valence-electron chi connectivity index (χ1n) is 9.29. The van der Waals surface area contributed by atoms with E-state index in [1.165, 1.54) is 0 Å². The van der Waals surface area contributed by atoms with Gasteiger partial charge in [0.1, 0.15) is 5.69 Å². The van der Waals surface area contributed by atoms with Gasteiger partial charge in [0.25, 0.3) is 5.91 Å². The highest BCUT2D eigenvalue weighted by Crippen LogP contribution is 2.32. The highest BCUT2D eigenvalue weighted by atomic mass is 16.2. The van der Waals surface area contributed by atoms with Crippen LogP contribution in [0, 0.1) is 0 Å². The second kappa shape index (κ2) is 6.96. The van der Waals surface area contributed by atoms with Gasteiger partial charge in [-0.1, -0.05) is 31.0 Å². The van der Waals surface area contributed by atoms with Gasteiger partial charge in [-0.25, -0.2) is 0 Å². The van der Waals surface area contributed by atoms with Crippen molar-refractivity contribution in [1.82, 2.24) is 15.6 Å². The Balaban J connectivity index is 1.68. The molecule has 2 aromatic rings. The number of aromatic amines is 1. The van der Waals surface area contributed by atoms with Gasteiger partial charge >= 0.3 is 0 Å². The summed E-state index contributed by atoms with van der Waals surface area (Å²) >= 11 is 0. The summed E-state index contributed by atoms with van der Waals surface area (Å²) in [5.74, 6) is -0.262. The SMILES string of the molecule is NC1CCCCC1NC(=O)/C=C1\CCNC(=O)c2[nH]c3ccccc3c21. The number of carbonyl (C=O) groups is 2. The average Bonchev–Trinajstić information content (AvgIpc) is 2.95. The zero-order valence-electron chi connectivity index (χ0n) is 14.7. The van der Waals surface area contributed by atoms with Crippen molar-refractivity contribution < 1.29 is 9.59 Å². The largest absolute Gasteiger partial charge is 0.350 e. The number of nitrogens with one attached hydrogen (secondary N) is 3. The summed E-state index contributed by atoms with van der Waals surface area (Å²) in [5.41, 5.74) is 9.27. The first kappa shape index (κ1) is 16.8. The topological polar surface area (TPSA) is 100 Å². The van der Waals surface area contributed by atoms with Gasteiger partial charge in [-0.15, -0.1) is 0 Å². The van der Waals surface area contributed by atoms with Crippen LogP contribution in [0.4, 0.5) is 0 Å². The zero-order chi connectivity index (χ0) is 18.1. The smallest absolute Gasteiger partial charge is 0.268 e. The molecule has 2 aliphatic rings. The number of aromatic nitrogens is 1. The van der Waals surface area contributed by atoms with Gasteiger partial charge in [0.2, 0.25) is 5.91 Å². The predicted octanol–water partition coefficient (Wildman–Crippen LogP) is 2.07. The predicted molar refractivity (Wildman–Crippen MR) is 102 cm³/mol. The molecule has 1 saturated carbocycles. The van der Waals surface area contributed by atoms with Crippen LogP contribution in [-0.4, -0.2) is 35.4 Å². The van der Waals surface area contributed by atoms with Crippen LogP contribution in [0.15, 0.2) is 30.3 Å². The molecule has 0 saturated heterocycles. The van der Waals surface area contributed by atoms with E-state index in [1.54, 1.807) is 6.08 Å². The van der Waals surface area contributed by atoms with Crippen LogP contribution < -0.4 is 16.4 Å². The number of H-pyrrole nitrogens is 1. The number of fused-ring (bicyclic) bond motifs is 3. The number of amides is 2. The number of hydrogen-bond acceptors (Lipinski definition) is 3. The van der Waals surface area contributed by atoms with Crippen molar-refractivity contribution in [3.8, 4) is 0 Å². The fourth-order valence-corrected chi connectivity index (χ4v) is 4.04. The number of carbonyl (C=O) groups excluding carboxylic acids is 2. The van der Waals surface area contributed by atoms with Gasteiger partial charge in [0, 0.05) is 41.2 Å². The number of nitrogens with two attached hydrogens (primary N) is 1. The lowest BCUT2D eigenvalue weighted by molar-refractivity contribution is -0.117. The van der Waals surface area contributed by atoms with Crippen LogP contribution in [0.1, 0.15) is 48.2 Å². The molecule has 1 fully saturated rings. The maximum atomic E-state index is 12.6. The molecule has 2 unspecified atom stereocenters. The van der Waals surface area contributed by atoms with Gasteiger partial charge in [0.15, 0.2) is 0 Å². The summed E-state index contributed by atoms with van der Waals surface area (Å²) in [4.78, 5) is 28.2. The fourth-order valence-electron chi connectivity index (χ4n) is 4.04. The van der Waals surface area contributed by atoms with Gasteiger partial charge in [-0.2, -0.15) is 0 Å². The summed E-state index contributed by atoms with van der Waals surface area (Å²) in [6.45, 7) is 0.512. The molecule has 6 heteroatoms. The summed E-state index contributed by atoms with van der Waals surface area (Å²) in [6, 6.07) is 7.84. The van der Waals surface area contributed by atoms with E-state index in [2.05, 4.69) is 15.6 Å². The van der Waals surface area contributed by atoms with Gasteiger partial charge in [-0.3, -0.25) is 9.59 Å². The van der Waals surface area contributed by atoms with Crippen molar-refractivity contribution in [2.75, 3.05) is 6.54 Å². The minimum atomic E-state index is -0.132. The standard InChI is InChI=1S/C20H24N4O2/c21-14-6-2-4-8-16(14)23-17(25)11-12-9-10-22-20(26)19-18(12)13-5-1-3-7-15(13)24-19/h1,3,5,7,11,14,16,24H,2,4,6,8-10,21H2,(H,22,26)(H,23,25)/b12-11+. The third-order valence-electron chi connectivity index (χ3n) is 5.39. The number of para-hydroxylation sites is 1. The molecule has 2 amide bonds. The minimum absolute atomic E-state index is 0.0205. The fraction of sp³-hybridized carbons (Fsp3) is 0.400. The van der Waals surface area contributed by atoms with Crippen molar-refractivity contribution in [3.63, 3.8) is 0 Å². The molecule has 6 nitrogen and oxygen atoms in total. The van der Waals surface area contributed by atoms with Crippen LogP contribution in [0.2, 0.25) is 0 Å². The van der Waals surface area contributed by atoms with Crippen LogP contribution in [0.3, 0.4) is 0 Å². The first-order chi connectivity index (χ1) is 12.6. The van der Waals surface area contributed by atoms with E-state index >= 15 is 0 Å². The van der Waals surface area contributed by atoms with Crippen molar-refractivity contribution >= 4 is 28.3 Å². The Hall–Kier alpha value is -2.60. The van der Waals surface area contributed by atoms with E-state index in [1.807, 2.05) is 24.3 Å². The Morgan fingerprint density at radius 3 is 2.88 bits per heavy atom. The summed E-state index contributed by atoms with van der Waals surface area (Å²) < 4.78 is 0. The summed E-state index contributed by atoms with van der Waals surface area (Å²) in [5, 5.41) is 6.92. The molecule has 4 rings (SSSR count). The van der Waals surface area contributed by atoms with Crippen molar-refractivity contribution in [1.29, 1.82) is 0 Å². The highest BCUT2D eigenvalue weighted by molar-refractivity contribution is 6.10. The Morgan fingerprint density at radius 1 is 1.23 bits per heavy atom. The second-order valence-electron chi connectivity index (χ2n) is 7.16.